The van der Waals surface area contributed by atoms with Crippen molar-refractivity contribution >= 4 is 17.4 Å². The number of nitrogens with one attached hydrogen (secondary N) is 2. The predicted octanol–water partition coefficient (Wildman–Crippen LogP) is 4.40. The summed E-state index contributed by atoms with van der Waals surface area (Å²) in [5.74, 6) is 0. The van der Waals surface area contributed by atoms with Crippen LogP contribution in [0.1, 0.15) is 11.1 Å². The predicted molar refractivity (Wildman–Crippen MR) is 106 cm³/mol. The summed E-state index contributed by atoms with van der Waals surface area (Å²) in [4.78, 5) is 12.4. The number of nitrogens with zero attached hydrogens (tertiary/aromatic N) is 1. The summed E-state index contributed by atoms with van der Waals surface area (Å²) < 4.78 is 0. The van der Waals surface area contributed by atoms with E-state index in [9.17, 15) is 4.79 Å². The van der Waals surface area contributed by atoms with Crippen LogP contribution in [0.2, 0.25) is 0 Å². The number of amides is 2. The first-order valence-corrected chi connectivity index (χ1v) is 8.57. The van der Waals surface area contributed by atoms with Crippen LogP contribution in [0.15, 0.2) is 72.8 Å². The van der Waals surface area contributed by atoms with E-state index in [0.717, 1.165) is 16.7 Å². The lowest BCUT2D eigenvalue weighted by molar-refractivity contribution is 0.262. The molecule has 0 aliphatic carbocycles. The fourth-order valence-electron chi connectivity index (χ4n) is 2.81. The number of carbonyl (C=O) groups is 1. The van der Waals surface area contributed by atoms with E-state index in [1.807, 2.05) is 54.6 Å². The van der Waals surface area contributed by atoms with E-state index in [4.69, 9.17) is 10.4 Å². The number of nitriles is 1. The average molecular weight is 357 g/mol. The molecule has 0 aromatic heterocycles. The zero-order valence-electron chi connectivity index (χ0n) is 14.6. The van der Waals surface area contributed by atoms with Gasteiger partial charge in [0, 0.05) is 18.0 Å². The minimum absolute atomic E-state index is 0.0180. The second-order valence-electron chi connectivity index (χ2n) is 5.98. The first-order chi connectivity index (χ1) is 13.2. The molecule has 3 N–H and O–H groups in total. The monoisotopic (exact) mass is 357 g/mol. The molecule has 0 heterocycles. The van der Waals surface area contributed by atoms with Crippen LogP contribution in [-0.2, 0) is 6.42 Å². The highest BCUT2D eigenvalue weighted by Crippen LogP contribution is 2.24. The van der Waals surface area contributed by atoms with E-state index >= 15 is 0 Å². The van der Waals surface area contributed by atoms with Crippen molar-refractivity contribution in [2.45, 2.75) is 6.42 Å². The number of rotatable bonds is 5. The van der Waals surface area contributed by atoms with Crippen molar-refractivity contribution in [1.29, 1.82) is 5.26 Å². The van der Waals surface area contributed by atoms with E-state index < -0.39 is 0 Å². The highest BCUT2D eigenvalue weighted by molar-refractivity contribution is 6.00. The highest BCUT2D eigenvalue weighted by Gasteiger charge is 2.07. The van der Waals surface area contributed by atoms with Crippen molar-refractivity contribution in [2.75, 3.05) is 17.2 Å². The standard InChI is InChI=1S/C22H19N3O2/c23-15-16-5-3-7-18(13-16)19-8-4-9-20(14-19)24-22(27)25-21-10-2-1-6-17(21)11-12-26/h1-10,13-14,26H,11-12H2,(H2,24,25,27). The maximum Gasteiger partial charge on any atom is 0.323 e. The van der Waals surface area contributed by atoms with Crippen LogP contribution in [0.4, 0.5) is 16.2 Å². The Labute approximate surface area is 157 Å². The summed E-state index contributed by atoms with van der Waals surface area (Å²) in [5, 5.41) is 23.8. The maximum atomic E-state index is 12.4. The molecule has 2 amide bonds. The molecular formula is C22H19N3O2. The van der Waals surface area contributed by atoms with Gasteiger partial charge in [0.25, 0.3) is 0 Å². The summed E-state index contributed by atoms with van der Waals surface area (Å²) in [6.07, 6.45) is 0.473. The van der Waals surface area contributed by atoms with Crippen LogP contribution in [-0.4, -0.2) is 17.7 Å². The zero-order chi connectivity index (χ0) is 19.1. The Morgan fingerprint density at radius 2 is 1.67 bits per heavy atom. The summed E-state index contributed by atoms with van der Waals surface area (Å²) in [6.45, 7) is 0.0180. The smallest absolute Gasteiger partial charge is 0.323 e. The van der Waals surface area contributed by atoms with Gasteiger partial charge < -0.3 is 15.7 Å². The molecule has 0 saturated carbocycles. The Morgan fingerprint density at radius 3 is 2.44 bits per heavy atom. The summed E-state index contributed by atoms with van der Waals surface area (Å²) in [6, 6.07) is 23.9. The lowest BCUT2D eigenvalue weighted by Crippen LogP contribution is -2.20. The van der Waals surface area contributed by atoms with Gasteiger partial charge in [0.2, 0.25) is 0 Å². The molecule has 0 aliphatic rings. The second kappa shape index (κ2) is 8.65. The number of hydrogen-bond donors (Lipinski definition) is 3. The molecule has 5 nitrogen and oxygen atoms in total. The molecule has 134 valence electrons. The first kappa shape index (κ1) is 18.2. The first-order valence-electron chi connectivity index (χ1n) is 8.57. The number of benzene rings is 3. The Kier molecular flexibility index (Phi) is 5.83. The SMILES string of the molecule is N#Cc1cccc(-c2cccc(NC(=O)Nc3ccccc3CCO)c2)c1. The third-order valence-corrected chi connectivity index (χ3v) is 4.09. The normalized spacial score (nSPS) is 10.1. The van der Waals surface area contributed by atoms with Crippen LogP contribution in [0.5, 0.6) is 0 Å². The van der Waals surface area contributed by atoms with E-state index in [1.54, 1.807) is 18.2 Å². The molecule has 3 aromatic carbocycles. The third-order valence-electron chi connectivity index (χ3n) is 4.09. The van der Waals surface area contributed by atoms with Gasteiger partial charge >= 0.3 is 6.03 Å². The molecule has 3 aromatic rings. The number of urea groups is 1. The number of aliphatic hydroxyl groups excluding tert-OH is 1. The molecule has 0 atom stereocenters. The van der Waals surface area contributed by atoms with Crippen molar-refractivity contribution in [3.8, 4) is 17.2 Å². The summed E-state index contributed by atoms with van der Waals surface area (Å²) >= 11 is 0. The number of anilines is 2. The van der Waals surface area contributed by atoms with Crippen molar-refractivity contribution in [2.24, 2.45) is 0 Å². The van der Waals surface area contributed by atoms with Crippen LogP contribution >= 0.6 is 0 Å². The average Bonchev–Trinajstić information content (AvgIpc) is 2.70. The van der Waals surface area contributed by atoms with Gasteiger partial charge in [-0.05, 0) is 53.4 Å². The molecule has 3 rings (SSSR count). The van der Waals surface area contributed by atoms with Gasteiger partial charge in [0.1, 0.15) is 0 Å². The molecular weight excluding hydrogens is 338 g/mol. The van der Waals surface area contributed by atoms with E-state index in [0.29, 0.717) is 23.4 Å². The lowest BCUT2D eigenvalue weighted by atomic mass is 10.0. The maximum absolute atomic E-state index is 12.4. The molecule has 5 heteroatoms. The number of carbonyl (C=O) groups excluding carboxylic acids is 1. The van der Waals surface area contributed by atoms with Crippen molar-refractivity contribution in [1.82, 2.24) is 0 Å². The van der Waals surface area contributed by atoms with E-state index in [1.165, 1.54) is 0 Å². The summed E-state index contributed by atoms with van der Waals surface area (Å²) in [7, 11) is 0. The Morgan fingerprint density at radius 1 is 0.926 bits per heavy atom. The van der Waals surface area contributed by atoms with Crippen LogP contribution in [0, 0.1) is 11.3 Å². The number of hydrogen-bond acceptors (Lipinski definition) is 3. The quantitative estimate of drug-likeness (QED) is 0.632. The molecule has 0 spiro atoms. The fraction of sp³-hybridized carbons (Fsp3) is 0.0909. The summed E-state index contributed by atoms with van der Waals surface area (Å²) in [5.41, 5.74) is 4.59. The molecule has 0 fully saturated rings. The van der Waals surface area contributed by atoms with E-state index in [-0.39, 0.29) is 12.6 Å². The fourth-order valence-corrected chi connectivity index (χ4v) is 2.81. The highest BCUT2D eigenvalue weighted by atomic mass is 16.3. The molecule has 0 aliphatic heterocycles. The van der Waals surface area contributed by atoms with Crippen molar-refractivity contribution < 1.29 is 9.90 Å². The topological polar surface area (TPSA) is 85.2 Å². The minimum Gasteiger partial charge on any atom is -0.396 e. The lowest BCUT2D eigenvalue weighted by Gasteiger charge is -2.12. The van der Waals surface area contributed by atoms with Crippen LogP contribution < -0.4 is 10.6 Å². The largest absolute Gasteiger partial charge is 0.396 e. The number of para-hydroxylation sites is 1. The molecule has 27 heavy (non-hydrogen) atoms. The van der Waals surface area contributed by atoms with Crippen LogP contribution in [0.3, 0.4) is 0 Å². The van der Waals surface area contributed by atoms with Gasteiger partial charge in [-0.25, -0.2) is 4.79 Å². The van der Waals surface area contributed by atoms with E-state index in [2.05, 4.69) is 16.7 Å². The minimum atomic E-state index is -0.358. The van der Waals surface area contributed by atoms with Gasteiger partial charge in [-0.1, -0.05) is 42.5 Å². The van der Waals surface area contributed by atoms with Gasteiger partial charge in [0.05, 0.1) is 11.6 Å². The zero-order valence-corrected chi connectivity index (χ0v) is 14.6. The molecule has 0 bridgehead atoms. The Hall–Kier alpha value is -3.62. The Bertz CT molecular complexity index is 993. The van der Waals surface area contributed by atoms with Gasteiger partial charge in [-0.3, -0.25) is 0 Å². The molecule has 0 unspecified atom stereocenters. The van der Waals surface area contributed by atoms with Crippen LogP contribution in [0.25, 0.3) is 11.1 Å². The Balaban J connectivity index is 1.75. The second-order valence-corrected chi connectivity index (χ2v) is 5.98. The van der Waals surface area contributed by atoms with Crippen molar-refractivity contribution in [3.63, 3.8) is 0 Å². The van der Waals surface area contributed by atoms with Gasteiger partial charge in [-0.2, -0.15) is 5.26 Å². The van der Waals surface area contributed by atoms with Gasteiger partial charge in [0.15, 0.2) is 0 Å². The number of aliphatic hydroxyl groups is 1. The van der Waals surface area contributed by atoms with Gasteiger partial charge in [-0.15, -0.1) is 0 Å². The molecule has 0 saturated heterocycles. The molecule has 0 radical (unpaired) electrons. The third kappa shape index (κ3) is 4.72. The van der Waals surface area contributed by atoms with Crippen molar-refractivity contribution in [3.05, 3.63) is 83.9 Å².